The molecule has 9 rings (SSSR count). The number of imidazole rings is 1. The summed E-state index contributed by atoms with van der Waals surface area (Å²) in [6.07, 6.45) is 1.85. The Morgan fingerprint density at radius 3 is 1.87 bits per heavy atom. The van der Waals surface area contributed by atoms with Crippen LogP contribution in [-0.4, -0.2) is 19.6 Å². The van der Waals surface area contributed by atoms with Gasteiger partial charge in [-0.2, -0.15) is 0 Å². The van der Waals surface area contributed by atoms with E-state index < -0.39 is 6.85 Å². The smallest absolute Gasteiger partial charge is 0.148 e. The Hall–Kier alpha value is -6.35. The summed E-state index contributed by atoms with van der Waals surface area (Å²) in [7, 11) is 0. The average molecular weight is 1060 g/mol. The Kier molecular flexibility index (Phi) is 11.6. The summed E-state index contributed by atoms with van der Waals surface area (Å²) in [5, 5.41) is 12.1. The maximum absolute atomic E-state index is 12.1. The van der Waals surface area contributed by atoms with Crippen LogP contribution >= 0.6 is 0 Å². The van der Waals surface area contributed by atoms with Crippen molar-refractivity contribution in [3.8, 4) is 78.6 Å². The quantitative estimate of drug-likeness (QED) is 0.162. The van der Waals surface area contributed by atoms with Gasteiger partial charge in [0.15, 0.2) is 0 Å². The monoisotopic (exact) mass is 1060 g/mol. The molecule has 0 fully saturated rings. The molecule has 340 valence electrons. The number of hydrogen-bond donors (Lipinski definition) is 1. The first kappa shape index (κ1) is 43.2. The minimum Gasteiger partial charge on any atom is -0.507 e. The molecule has 0 saturated heterocycles. The van der Waals surface area contributed by atoms with E-state index >= 15 is 0 Å². The molecule has 0 aliphatic carbocycles. The normalized spacial score (nSPS) is 12.9. The van der Waals surface area contributed by atoms with Crippen molar-refractivity contribution in [3.05, 3.63) is 192 Å². The molecule has 9 aromatic rings. The van der Waals surface area contributed by atoms with Crippen LogP contribution in [0.2, 0.25) is 0 Å². The van der Waals surface area contributed by atoms with Gasteiger partial charge in [-0.25, -0.2) is 4.98 Å². The summed E-state index contributed by atoms with van der Waals surface area (Å²) >= 11 is 0. The summed E-state index contributed by atoms with van der Waals surface area (Å²) in [6, 6.07) is 55.1. The number of hydrogen-bond acceptors (Lipinski definition) is 3. The van der Waals surface area contributed by atoms with E-state index in [9.17, 15) is 9.22 Å². The van der Waals surface area contributed by atoms with Gasteiger partial charge in [0.05, 0.1) is 22.3 Å². The first-order valence-electron chi connectivity index (χ1n) is 24.4. The molecule has 1 N–H and O–H groups in total. The fraction of sp³-hybridized carbons (Fsp3) is 0.226. The average Bonchev–Trinajstić information content (AvgIpc) is 3.70. The van der Waals surface area contributed by atoms with Crippen LogP contribution in [-0.2, 0) is 37.3 Å². The molecule has 0 aliphatic heterocycles. The zero-order valence-electron chi connectivity index (χ0n) is 43.1. The summed E-state index contributed by atoms with van der Waals surface area (Å²) in [5.74, 6) is 0.527. The van der Waals surface area contributed by atoms with Gasteiger partial charge >= 0.3 is 0 Å². The van der Waals surface area contributed by atoms with Crippen LogP contribution in [0.15, 0.2) is 158 Å². The van der Waals surface area contributed by atoms with Crippen LogP contribution in [0.3, 0.4) is 0 Å². The second-order valence-corrected chi connectivity index (χ2v) is 20.7. The standard InChI is InChI=1S/C62H60N3O.Pt/c1-39-32-44(56-49(42-22-16-13-17-23-42)24-18-26-52(56)62(9,10)11)28-29-54(39)65-55-27-19-25-50(57(55)64-59(65)51-38-47(60(3,4)5)33-40(2)58(51)66)45-34-46(36-48(35-45)61(6,7)8)53-37-43(30-31-63-53)41-20-14-12-15-21-41;/h12-33,35-38,66H,1-11H3;/q-1;/i1D3;. The third kappa shape index (κ3) is 9.22. The number of para-hydroxylation sites is 1. The molecule has 7 aromatic carbocycles. The molecule has 0 saturated carbocycles. The van der Waals surface area contributed by atoms with Crippen LogP contribution in [0.25, 0.3) is 83.9 Å². The van der Waals surface area contributed by atoms with Crippen LogP contribution in [0.4, 0.5) is 0 Å². The largest absolute Gasteiger partial charge is 0.507 e. The van der Waals surface area contributed by atoms with Crippen LogP contribution in [0.5, 0.6) is 5.75 Å². The molecular weight excluding hydrogens is 998 g/mol. The zero-order valence-corrected chi connectivity index (χ0v) is 42.4. The molecule has 0 radical (unpaired) electrons. The van der Waals surface area contributed by atoms with Gasteiger partial charge in [-0.05, 0) is 116 Å². The van der Waals surface area contributed by atoms with Crippen molar-refractivity contribution in [2.45, 2.75) is 92.3 Å². The summed E-state index contributed by atoms with van der Waals surface area (Å²) in [5.41, 5.74) is 15.0. The Morgan fingerprint density at radius 2 is 1.19 bits per heavy atom. The Labute approximate surface area is 416 Å². The molecule has 4 nitrogen and oxygen atoms in total. The Morgan fingerprint density at radius 1 is 0.552 bits per heavy atom. The number of aromatic hydroxyl groups is 1. The van der Waals surface area contributed by atoms with Crippen molar-refractivity contribution < 1.29 is 30.3 Å². The predicted molar refractivity (Wildman–Crippen MR) is 278 cm³/mol. The van der Waals surface area contributed by atoms with Crippen molar-refractivity contribution in [2.24, 2.45) is 0 Å². The fourth-order valence-corrected chi connectivity index (χ4v) is 9.03. The van der Waals surface area contributed by atoms with E-state index in [0.29, 0.717) is 33.7 Å². The molecule has 0 amide bonds. The molecule has 2 aromatic heterocycles. The zero-order chi connectivity index (χ0) is 49.2. The first-order valence-corrected chi connectivity index (χ1v) is 22.9. The van der Waals surface area contributed by atoms with E-state index in [4.69, 9.17) is 9.97 Å². The van der Waals surface area contributed by atoms with E-state index in [0.717, 1.165) is 72.5 Å². The van der Waals surface area contributed by atoms with Gasteiger partial charge in [-0.15, -0.1) is 29.3 Å². The molecule has 67 heavy (non-hydrogen) atoms. The predicted octanol–water partition coefficient (Wildman–Crippen LogP) is 16.4. The Bertz CT molecular complexity index is 3390. The number of aromatic nitrogens is 3. The van der Waals surface area contributed by atoms with E-state index in [1.54, 1.807) is 0 Å². The van der Waals surface area contributed by atoms with Crippen molar-refractivity contribution in [1.82, 2.24) is 14.5 Å². The van der Waals surface area contributed by atoms with Crippen molar-refractivity contribution >= 4 is 11.0 Å². The van der Waals surface area contributed by atoms with Gasteiger partial charge in [-0.3, -0.25) is 9.55 Å². The van der Waals surface area contributed by atoms with Gasteiger partial charge < -0.3 is 5.11 Å². The van der Waals surface area contributed by atoms with Gasteiger partial charge in [-0.1, -0.05) is 183 Å². The SMILES string of the molecule is [2H]C([2H])([2H])c1cc(-c2c(-c3ccccc3)cccc2C(C)(C)C)ccc1-n1c(-c2cc(C(C)(C)C)cc(C)c2O)nc2c(-c3[c-]c(-c4cc(-c5ccccc5)ccn4)cc(C(C)(C)C)c3)cccc21.[Pt]. The molecule has 0 spiro atoms. The van der Waals surface area contributed by atoms with Crippen LogP contribution < -0.4 is 0 Å². The number of pyridine rings is 1. The molecule has 5 heteroatoms. The van der Waals surface area contributed by atoms with Crippen molar-refractivity contribution in [3.63, 3.8) is 0 Å². The number of fused-ring (bicyclic) bond motifs is 1. The fourth-order valence-electron chi connectivity index (χ4n) is 9.03. The number of aryl methyl sites for hydroxylation is 2. The second-order valence-electron chi connectivity index (χ2n) is 20.7. The van der Waals surface area contributed by atoms with E-state index in [1.807, 2.05) is 103 Å². The first-order chi connectivity index (χ1) is 32.6. The Balaban J connectivity index is 0.00000659. The number of rotatable bonds is 7. The maximum atomic E-state index is 12.1. The molecular formula is C62H60N3OPt-. The van der Waals surface area contributed by atoms with E-state index in [1.165, 1.54) is 0 Å². The summed E-state index contributed by atoms with van der Waals surface area (Å²) < 4.78 is 29.6. The molecule has 0 aliphatic rings. The van der Waals surface area contributed by atoms with Crippen LogP contribution in [0.1, 0.15) is 94.2 Å². The third-order valence-corrected chi connectivity index (χ3v) is 12.7. The number of nitrogens with zero attached hydrogens (tertiary/aromatic N) is 3. The number of phenols is 1. The van der Waals surface area contributed by atoms with Crippen molar-refractivity contribution in [1.29, 1.82) is 0 Å². The number of benzene rings is 7. The van der Waals surface area contributed by atoms with Gasteiger partial charge in [0, 0.05) is 37.1 Å². The minimum absolute atomic E-state index is 0. The van der Waals surface area contributed by atoms with E-state index in [2.05, 4.69) is 135 Å². The topological polar surface area (TPSA) is 50.9 Å². The van der Waals surface area contributed by atoms with Crippen molar-refractivity contribution in [2.75, 3.05) is 0 Å². The molecule has 2 heterocycles. The van der Waals surface area contributed by atoms with E-state index in [-0.39, 0.29) is 48.6 Å². The van der Waals surface area contributed by atoms with Gasteiger partial charge in [0.1, 0.15) is 11.6 Å². The van der Waals surface area contributed by atoms with Gasteiger partial charge in [0.2, 0.25) is 0 Å². The molecule has 0 bridgehead atoms. The minimum atomic E-state index is -2.55. The summed E-state index contributed by atoms with van der Waals surface area (Å²) in [6.45, 7) is 19.0. The summed E-state index contributed by atoms with van der Waals surface area (Å²) in [4.78, 5) is 10.4. The van der Waals surface area contributed by atoms with Crippen LogP contribution in [0, 0.1) is 19.8 Å². The molecule has 0 atom stereocenters. The molecule has 0 unspecified atom stereocenters. The number of phenolic OH excluding ortho intramolecular Hbond substituents is 1. The third-order valence-electron chi connectivity index (χ3n) is 12.7. The van der Waals surface area contributed by atoms with Gasteiger partial charge in [0.25, 0.3) is 0 Å². The maximum Gasteiger partial charge on any atom is 0.148 e. The second kappa shape index (κ2) is 18.0.